The van der Waals surface area contributed by atoms with E-state index in [4.69, 9.17) is 11.5 Å². The van der Waals surface area contributed by atoms with Gasteiger partial charge in [0.1, 0.15) is 0 Å². The van der Waals surface area contributed by atoms with E-state index in [0.29, 0.717) is 6.54 Å². The minimum atomic E-state index is 0. The van der Waals surface area contributed by atoms with E-state index in [2.05, 4.69) is 37.9 Å². The van der Waals surface area contributed by atoms with E-state index >= 15 is 0 Å². The van der Waals surface area contributed by atoms with E-state index in [9.17, 15) is 0 Å². The van der Waals surface area contributed by atoms with Crippen LogP contribution in [0.5, 0.6) is 0 Å². The number of rotatable bonds is 4. The SMILES string of the molecule is Cl.NCCC[C@H](N)c1cc(Br)c(Br)s1. The molecule has 2 nitrogen and oxygen atoms in total. The molecule has 0 bridgehead atoms. The lowest BCUT2D eigenvalue weighted by atomic mass is 10.1. The molecular formula is C8H13Br2ClN2S. The van der Waals surface area contributed by atoms with Crippen LogP contribution in [-0.2, 0) is 0 Å². The molecule has 1 atom stereocenters. The van der Waals surface area contributed by atoms with Gasteiger partial charge in [0.15, 0.2) is 0 Å². The highest BCUT2D eigenvalue weighted by molar-refractivity contribution is 9.13. The summed E-state index contributed by atoms with van der Waals surface area (Å²) in [7, 11) is 0. The Kier molecular flexibility index (Phi) is 7.64. The number of hydrogen-bond donors (Lipinski definition) is 2. The summed E-state index contributed by atoms with van der Waals surface area (Å²) in [6.07, 6.45) is 1.93. The van der Waals surface area contributed by atoms with E-state index in [1.165, 1.54) is 4.88 Å². The zero-order chi connectivity index (χ0) is 9.84. The van der Waals surface area contributed by atoms with Crippen molar-refractivity contribution >= 4 is 55.6 Å². The molecule has 14 heavy (non-hydrogen) atoms. The molecule has 0 spiro atoms. The van der Waals surface area contributed by atoms with Crippen molar-refractivity contribution < 1.29 is 0 Å². The number of hydrogen-bond acceptors (Lipinski definition) is 3. The first-order chi connectivity index (χ1) is 6.15. The fourth-order valence-corrected chi connectivity index (χ4v) is 3.15. The van der Waals surface area contributed by atoms with Crippen molar-refractivity contribution in [1.29, 1.82) is 0 Å². The van der Waals surface area contributed by atoms with Crippen LogP contribution in [0.1, 0.15) is 23.8 Å². The Hall–Kier alpha value is 0.870. The molecule has 4 N–H and O–H groups in total. The molecule has 0 fully saturated rings. The highest BCUT2D eigenvalue weighted by Crippen LogP contribution is 2.35. The van der Waals surface area contributed by atoms with Gasteiger partial charge < -0.3 is 11.5 Å². The molecule has 1 rings (SSSR count). The van der Waals surface area contributed by atoms with Crippen LogP contribution in [0.3, 0.4) is 0 Å². The van der Waals surface area contributed by atoms with Gasteiger partial charge in [0.2, 0.25) is 0 Å². The molecule has 0 amide bonds. The van der Waals surface area contributed by atoms with Crippen molar-refractivity contribution in [3.8, 4) is 0 Å². The van der Waals surface area contributed by atoms with E-state index in [0.717, 1.165) is 21.1 Å². The summed E-state index contributed by atoms with van der Waals surface area (Å²) < 4.78 is 2.18. The van der Waals surface area contributed by atoms with Crippen LogP contribution in [0, 0.1) is 0 Å². The fourth-order valence-electron chi connectivity index (χ4n) is 1.03. The maximum absolute atomic E-state index is 5.98. The normalized spacial score (nSPS) is 12.3. The van der Waals surface area contributed by atoms with Gasteiger partial charge in [0.05, 0.1) is 3.79 Å². The minimum Gasteiger partial charge on any atom is -0.330 e. The van der Waals surface area contributed by atoms with Crippen molar-refractivity contribution in [2.24, 2.45) is 11.5 Å². The molecule has 0 aromatic carbocycles. The number of halogens is 3. The third kappa shape index (κ3) is 4.16. The minimum absolute atomic E-state index is 0. The van der Waals surface area contributed by atoms with E-state index in [-0.39, 0.29) is 18.4 Å². The van der Waals surface area contributed by atoms with Crippen molar-refractivity contribution in [1.82, 2.24) is 0 Å². The Morgan fingerprint density at radius 3 is 2.50 bits per heavy atom. The van der Waals surface area contributed by atoms with Crippen LogP contribution in [0.4, 0.5) is 0 Å². The number of nitrogens with two attached hydrogens (primary N) is 2. The van der Waals surface area contributed by atoms with Gasteiger partial charge in [-0.15, -0.1) is 23.7 Å². The van der Waals surface area contributed by atoms with Crippen LogP contribution in [0.2, 0.25) is 0 Å². The van der Waals surface area contributed by atoms with Gasteiger partial charge in [0.25, 0.3) is 0 Å². The van der Waals surface area contributed by atoms with Gasteiger partial charge in [-0.25, -0.2) is 0 Å². The third-order valence-electron chi connectivity index (χ3n) is 1.75. The lowest BCUT2D eigenvalue weighted by Gasteiger charge is -2.07. The van der Waals surface area contributed by atoms with Crippen molar-refractivity contribution in [3.63, 3.8) is 0 Å². The summed E-state index contributed by atoms with van der Waals surface area (Å²) in [5.74, 6) is 0. The second-order valence-electron chi connectivity index (χ2n) is 2.81. The second kappa shape index (κ2) is 7.19. The monoisotopic (exact) mass is 362 g/mol. The molecular weight excluding hydrogens is 351 g/mol. The molecule has 0 saturated carbocycles. The van der Waals surface area contributed by atoms with Gasteiger partial charge in [-0.2, -0.15) is 0 Å². The predicted molar refractivity (Wildman–Crippen MR) is 72.2 cm³/mol. The molecule has 1 aromatic heterocycles. The molecule has 1 heterocycles. The Balaban J connectivity index is 0.00000169. The maximum atomic E-state index is 5.98. The summed E-state index contributed by atoms with van der Waals surface area (Å²) in [5.41, 5.74) is 11.4. The number of thiophene rings is 1. The van der Waals surface area contributed by atoms with E-state index in [1.54, 1.807) is 11.3 Å². The first kappa shape index (κ1) is 14.9. The molecule has 0 unspecified atom stereocenters. The van der Waals surface area contributed by atoms with E-state index < -0.39 is 0 Å². The summed E-state index contributed by atoms with van der Waals surface area (Å²) in [6.45, 7) is 0.710. The maximum Gasteiger partial charge on any atom is 0.0843 e. The van der Waals surface area contributed by atoms with Gasteiger partial charge >= 0.3 is 0 Å². The van der Waals surface area contributed by atoms with Crippen molar-refractivity contribution in [3.05, 3.63) is 19.2 Å². The van der Waals surface area contributed by atoms with Crippen LogP contribution < -0.4 is 11.5 Å². The Bertz CT molecular complexity index is 261. The zero-order valence-electron chi connectivity index (χ0n) is 7.50. The van der Waals surface area contributed by atoms with Gasteiger partial charge in [0, 0.05) is 15.4 Å². The average molecular weight is 365 g/mol. The highest BCUT2D eigenvalue weighted by atomic mass is 79.9. The first-order valence-electron chi connectivity index (χ1n) is 4.05. The summed E-state index contributed by atoms with van der Waals surface area (Å²) in [6, 6.07) is 2.19. The summed E-state index contributed by atoms with van der Waals surface area (Å²) >= 11 is 8.56. The molecule has 0 aliphatic heterocycles. The predicted octanol–water partition coefficient (Wildman–Crippen LogP) is 3.43. The van der Waals surface area contributed by atoms with Crippen LogP contribution in [0.15, 0.2) is 14.3 Å². The molecule has 82 valence electrons. The molecule has 0 aliphatic rings. The third-order valence-corrected chi connectivity index (χ3v) is 5.14. The fraction of sp³-hybridized carbons (Fsp3) is 0.500. The quantitative estimate of drug-likeness (QED) is 0.860. The standard InChI is InChI=1S/C8H12Br2N2S.ClH/c9-5-4-7(13-8(5)10)6(12)2-1-3-11;/h4,6H,1-3,11-12H2;1H/t6-;/m0./s1. The summed E-state index contributed by atoms with van der Waals surface area (Å²) in [5, 5.41) is 0. The topological polar surface area (TPSA) is 52.0 Å². The van der Waals surface area contributed by atoms with Crippen LogP contribution >= 0.6 is 55.6 Å². The molecule has 6 heteroatoms. The smallest absolute Gasteiger partial charge is 0.0843 e. The largest absolute Gasteiger partial charge is 0.330 e. The lowest BCUT2D eigenvalue weighted by molar-refractivity contribution is 0.626. The highest BCUT2D eigenvalue weighted by Gasteiger charge is 2.10. The first-order valence-corrected chi connectivity index (χ1v) is 6.45. The average Bonchev–Trinajstić information content (AvgIpc) is 2.43. The Labute approximate surface area is 111 Å². The Morgan fingerprint density at radius 2 is 2.07 bits per heavy atom. The van der Waals surface area contributed by atoms with E-state index in [1.807, 2.05) is 0 Å². The molecule has 1 aromatic rings. The Morgan fingerprint density at radius 1 is 1.43 bits per heavy atom. The van der Waals surface area contributed by atoms with Crippen LogP contribution in [0.25, 0.3) is 0 Å². The second-order valence-corrected chi connectivity index (χ2v) is 6.06. The molecule has 0 saturated heterocycles. The van der Waals surface area contributed by atoms with Crippen molar-refractivity contribution in [2.45, 2.75) is 18.9 Å². The molecule has 0 radical (unpaired) electrons. The summed E-state index contributed by atoms with van der Waals surface area (Å²) in [4.78, 5) is 1.20. The zero-order valence-corrected chi connectivity index (χ0v) is 12.3. The van der Waals surface area contributed by atoms with Gasteiger partial charge in [-0.3, -0.25) is 0 Å². The molecule has 0 aliphatic carbocycles. The van der Waals surface area contributed by atoms with Crippen LogP contribution in [-0.4, -0.2) is 6.54 Å². The van der Waals surface area contributed by atoms with Gasteiger partial charge in [-0.05, 0) is 57.3 Å². The lowest BCUT2D eigenvalue weighted by Crippen LogP contribution is -2.10. The van der Waals surface area contributed by atoms with Crippen molar-refractivity contribution in [2.75, 3.05) is 6.54 Å². The van der Waals surface area contributed by atoms with Gasteiger partial charge in [-0.1, -0.05) is 0 Å².